The Morgan fingerprint density at radius 1 is 1.28 bits per heavy atom. The van der Waals surface area contributed by atoms with E-state index in [1.54, 1.807) is 0 Å². The molecule has 132 valence electrons. The van der Waals surface area contributed by atoms with E-state index in [9.17, 15) is 4.79 Å². The van der Waals surface area contributed by atoms with Gasteiger partial charge in [0.15, 0.2) is 5.69 Å². The van der Waals surface area contributed by atoms with Gasteiger partial charge in [0.25, 0.3) is 5.91 Å². The highest BCUT2D eigenvalue weighted by atomic mass is 16.2. The fourth-order valence-electron chi connectivity index (χ4n) is 3.83. The van der Waals surface area contributed by atoms with Crippen LogP contribution in [0.1, 0.15) is 40.8 Å². The molecule has 2 aliphatic rings. The van der Waals surface area contributed by atoms with Gasteiger partial charge in [-0.2, -0.15) is 5.10 Å². The van der Waals surface area contributed by atoms with Crippen LogP contribution in [0.15, 0.2) is 24.4 Å². The number of aromatic amines is 1. The second kappa shape index (κ2) is 6.96. The Bertz CT molecular complexity index is 734. The normalized spacial score (nSPS) is 21.2. The number of hydrogen-bond acceptors (Lipinski definition) is 4. The van der Waals surface area contributed by atoms with E-state index in [0.717, 1.165) is 62.5 Å². The first-order chi connectivity index (χ1) is 12.2. The zero-order valence-corrected chi connectivity index (χ0v) is 14.7. The fourth-order valence-corrected chi connectivity index (χ4v) is 3.83. The molecule has 0 aromatic carbocycles. The molecule has 2 aromatic heterocycles. The molecular weight excluding hydrogens is 314 g/mol. The number of nitrogens with zero attached hydrogens (tertiary/aromatic N) is 4. The summed E-state index contributed by atoms with van der Waals surface area (Å²) in [6.07, 6.45) is 4.98. The van der Waals surface area contributed by atoms with Crippen molar-refractivity contribution >= 4 is 5.91 Å². The fraction of sp³-hybridized carbons (Fsp3) is 0.526. The minimum absolute atomic E-state index is 0.0871. The summed E-state index contributed by atoms with van der Waals surface area (Å²) in [7, 11) is 0. The number of fused-ring (bicyclic) bond motifs is 1. The Morgan fingerprint density at radius 3 is 2.88 bits per heavy atom. The maximum Gasteiger partial charge on any atom is 0.274 e. The van der Waals surface area contributed by atoms with E-state index in [1.165, 1.54) is 6.42 Å². The summed E-state index contributed by atoms with van der Waals surface area (Å²) in [6, 6.07) is 6.00. The quantitative estimate of drug-likeness (QED) is 0.927. The van der Waals surface area contributed by atoms with Crippen molar-refractivity contribution in [2.75, 3.05) is 26.2 Å². The SMILES string of the molecule is C[C@@H]1CCc2[nH]nc(C(=O)N3CCN(Cc4ccccn4)CC3)c2C1. The van der Waals surface area contributed by atoms with E-state index in [2.05, 4.69) is 33.1 Å². The van der Waals surface area contributed by atoms with Gasteiger partial charge >= 0.3 is 0 Å². The summed E-state index contributed by atoms with van der Waals surface area (Å²) in [5.74, 6) is 0.718. The lowest BCUT2D eigenvalue weighted by Gasteiger charge is -2.34. The van der Waals surface area contributed by atoms with Gasteiger partial charge in [0, 0.05) is 50.2 Å². The van der Waals surface area contributed by atoms with Gasteiger partial charge in [-0.15, -0.1) is 0 Å². The Morgan fingerprint density at radius 2 is 2.12 bits per heavy atom. The third-order valence-electron chi connectivity index (χ3n) is 5.37. The molecule has 25 heavy (non-hydrogen) atoms. The van der Waals surface area contributed by atoms with Gasteiger partial charge in [-0.25, -0.2) is 0 Å². The number of amides is 1. The number of pyridine rings is 1. The largest absolute Gasteiger partial charge is 0.335 e. The molecule has 0 radical (unpaired) electrons. The molecule has 1 aliphatic heterocycles. The van der Waals surface area contributed by atoms with E-state index < -0.39 is 0 Å². The van der Waals surface area contributed by atoms with Crippen molar-refractivity contribution in [1.82, 2.24) is 25.0 Å². The van der Waals surface area contributed by atoms with Crippen molar-refractivity contribution in [1.29, 1.82) is 0 Å². The van der Waals surface area contributed by atoms with Crippen molar-refractivity contribution in [3.05, 3.63) is 47.0 Å². The lowest BCUT2D eigenvalue weighted by molar-refractivity contribution is 0.0620. The lowest BCUT2D eigenvalue weighted by atomic mass is 9.87. The Kier molecular flexibility index (Phi) is 4.53. The predicted molar refractivity (Wildman–Crippen MR) is 95.2 cm³/mol. The summed E-state index contributed by atoms with van der Waals surface area (Å²) in [5.41, 5.74) is 4.05. The molecule has 1 amide bonds. The van der Waals surface area contributed by atoms with Crippen molar-refractivity contribution in [3.63, 3.8) is 0 Å². The standard InChI is InChI=1S/C19H25N5O/c1-14-5-6-17-16(12-14)18(22-21-17)19(25)24-10-8-23(9-11-24)13-15-4-2-3-7-20-15/h2-4,7,14H,5-6,8-13H2,1H3,(H,21,22)/t14-/m1/s1. The van der Waals surface area contributed by atoms with Gasteiger partial charge in [-0.05, 0) is 37.3 Å². The van der Waals surface area contributed by atoms with Crippen LogP contribution in [0.4, 0.5) is 0 Å². The van der Waals surface area contributed by atoms with Crippen LogP contribution >= 0.6 is 0 Å². The molecule has 4 rings (SSSR count). The lowest BCUT2D eigenvalue weighted by Crippen LogP contribution is -2.48. The predicted octanol–water partition coefficient (Wildman–Crippen LogP) is 1.89. The Labute approximate surface area is 148 Å². The minimum atomic E-state index is 0.0871. The van der Waals surface area contributed by atoms with Gasteiger partial charge in [-0.1, -0.05) is 13.0 Å². The summed E-state index contributed by atoms with van der Waals surface area (Å²) >= 11 is 0. The first kappa shape index (κ1) is 16.3. The molecule has 1 N–H and O–H groups in total. The maximum absolute atomic E-state index is 12.9. The first-order valence-corrected chi connectivity index (χ1v) is 9.18. The number of H-pyrrole nitrogens is 1. The van der Waals surface area contributed by atoms with Crippen LogP contribution in [0.5, 0.6) is 0 Å². The smallest absolute Gasteiger partial charge is 0.274 e. The van der Waals surface area contributed by atoms with E-state index in [1.807, 2.05) is 23.2 Å². The van der Waals surface area contributed by atoms with Crippen LogP contribution in [0, 0.1) is 5.92 Å². The van der Waals surface area contributed by atoms with Crippen LogP contribution in [-0.2, 0) is 19.4 Å². The number of aromatic nitrogens is 3. The molecule has 0 spiro atoms. The highest BCUT2D eigenvalue weighted by molar-refractivity contribution is 5.94. The summed E-state index contributed by atoms with van der Waals surface area (Å²) < 4.78 is 0. The van der Waals surface area contributed by atoms with Gasteiger partial charge in [0.05, 0.1) is 5.69 Å². The van der Waals surface area contributed by atoms with Crippen LogP contribution in [0.2, 0.25) is 0 Å². The third-order valence-corrected chi connectivity index (χ3v) is 5.37. The molecule has 0 saturated carbocycles. The summed E-state index contributed by atoms with van der Waals surface area (Å²) in [5, 5.41) is 7.45. The Balaban J connectivity index is 1.38. The zero-order valence-electron chi connectivity index (χ0n) is 14.7. The second-order valence-corrected chi connectivity index (χ2v) is 7.27. The first-order valence-electron chi connectivity index (χ1n) is 9.18. The molecule has 1 aliphatic carbocycles. The molecule has 3 heterocycles. The number of carbonyl (C=O) groups is 1. The summed E-state index contributed by atoms with van der Waals surface area (Å²) in [4.78, 5) is 21.6. The van der Waals surface area contributed by atoms with Gasteiger partial charge in [0.1, 0.15) is 0 Å². The van der Waals surface area contributed by atoms with Crippen LogP contribution in [0.25, 0.3) is 0 Å². The minimum Gasteiger partial charge on any atom is -0.335 e. The van der Waals surface area contributed by atoms with Crippen LogP contribution in [0.3, 0.4) is 0 Å². The maximum atomic E-state index is 12.9. The Hall–Kier alpha value is -2.21. The topological polar surface area (TPSA) is 65.1 Å². The molecule has 0 bridgehead atoms. The van der Waals surface area contributed by atoms with Crippen molar-refractivity contribution in [2.24, 2.45) is 5.92 Å². The van der Waals surface area contributed by atoms with Crippen LogP contribution in [-0.4, -0.2) is 57.1 Å². The van der Waals surface area contributed by atoms with E-state index in [0.29, 0.717) is 11.6 Å². The average molecular weight is 339 g/mol. The number of carbonyl (C=O) groups excluding carboxylic acids is 1. The van der Waals surface area contributed by atoms with Gasteiger partial charge < -0.3 is 4.90 Å². The number of rotatable bonds is 3. The number of nitrogens with one attached hydrogen (secondary N) is 1. The summed E-state index contributed by atoms with van der Waals surface area (Å²) in [6.45, 7) is 6.36. The van der Waals surface area contributed by atoms with Crippen LogP contribution < -0.4 is 0 Å². The monoisotopic (exact) mass is 339 g/mol. The van der Waals surface area contributed by atoms with Crippen molar-refractivity contribution in [3.8, 4) is 0 Å². The van der Waals surface area contributed by atoms with E-state index in [-0.39, 0.29) is 5.91 Å². The van der Waals surface area contributed by atoms with Crippen molar-refractivity contribution in [2.45, 2.75) is 32.7 Å². The third kappa shape index (κ3) is 3.44. The van der Waals surface area contributed by atoms with E-state index in [4.69, 9.17) is 0 Å². The molecule has 1 fully saturated rings. The molecule has 6 heteroatoms. The zero-order chi connectivity index (χ0) is 17.2. The number of aryl methyl sites for hydroxylation is 1. The molecule has 0 unspecified atom stereocenters. The second-order valence-electron chi connectivity index (χ2n) is 7.27. The molecule has 2 aromatic rings. The molecule has 1 atom stereocenters. The van der Waals surface area contributed by atoms with Gasteiger partial charge in [-0.3, -0.25) is 19.8 Å². The molecule has 6 nitrogen and oxygen atoms in total. The van der Waals surface area contributed by atoms with Crippen molar-refractivity contribution < 1.29 is 4.79 Å². The molecule has 1 saturated heterocycles. The van der Waals surface area contributed by atoms with Gasteiger partial charge in [0.2, 0.25) is 0 Å². The average Bonchev–Trinajstić information content (AvgIpc) is 3.05. The molecular formula is C19H25N5O. The number of piperazine rings is 1. The van der Waals surface area contributed by atoms with E-state index >= 15 is 0 Å². The highest BCUT2D eigenvalue weighted by Gasteiger charge is 2.29. The number of hydrogen-bond donors (Lipinski definition) is 1. The highest BCUT2D eigenvalue weighted by Crippen LogP contribution is 2.27.